The van der Waals surface area contributed by atoms with E-state index < -0.39 is 0 Å². The summed E-state index contributed by atoms with van der Waals surface area (Å²) in [6.45, 7) is 3.48. The third-order valence-corrected chi connectivity index (χ3v) is 2.68. The second-order valence-corrected chi connectivity index (χ2v) is 3.76. The maximum atomic E-state index is 11.8. The molecule has 2 aromatic rings. The van der Waals surface area contributed by atoms with Crippen LogP contribution in [0.15, 0.2) is 16.9 Å². The van der Waals surface area contributed by atoms with Crippen molar-refractivity contribution in [2.75, 3.05) is 7.11 Å². The molecule has 0 bridgehead atoms. The van der Waals surface area contributed by atoms with Crippen molar-refractivity contribution in [1.82, 2.24) is 14.2 Å². The Kier molecular flexibility index (Phi) is 3.26. The molecule has 2 heterocycles. The number of methoxy groups -OCH3 is 1. The second-order valence-electron chi connectivity index (χ2n) is 3.76. The van der Waals surface area contributed by atoms with Gasteiger partial charge in [0.1, 0.15) is 5.65 Å². The molecule has 2 aromatic heterocycles. The number of hydrogen-bond donors (Lipinski definition) is 1. The molecule has 0 aliphatic rings. The highest BCUT2D eigenvalue weighted by Crippen LogP contribution is 2.08. The van der Waals surface area contributed by atoms with Crippen molar-refractivity contribution >= 4 is 5.65 Å². The zero-order valence-electron chi connectivity index (χ0n) is 10.0. The molecule has 2 N–H and O–H groups in total. The van der Waals surface area contributed by atoms with E-state index in [0.29, 0.717) is 13.2 Å². The van der Waals surface area contributed by atoms with Crippen molar-refractivity contribution in [2.24, 2.45) is 5.73 Å². The fourth-order valence-electron chi connectivity index (χ4n) is 1.95. The van der Waals surface area contributed by atoms with Crippen molar-refractivity contribution in [3.63, 3.8) is 0 Å². The summed E-state index contributed by atoms with van der Waals surface area (Å²) in [5, 5.41) is 4.20. The maximum Gasteiger partial charge on any atom is 0.274 e. The number of aryl methyl sites for hydroxylation is 1. The SMILES string of the molecule is CCn1c(CN)cc(=O)n2nc(COC)cc12. The van der Waals surface area contributed by atoms with E-state index in [1.165, 1.54) is 10.6 Å². The minimum Gasteiger partial charge on any atom is -0.378 e. The highest BCUT2D eigenvalue weighted by molar-refractivity contribution is 5.42. The molecule has 0 saturated heterocycles. The molecular formula is C11H16N4O2. The molecule has 6 heteroatoms. The molecule has 0 saturated carbocycles. The van der Waals surface area contributed by atoms with Gasteiger partial charge in [0.15, 0.2) is 0 Å². The maximum absolute atomic E-state index is 11.8. The van der Waals surface area contributed by atoms with Crippen LogP contribution in [0, 0.1) is 0 Å². The topological polar surface area (TPSA) is 74.5 Å². The first kappa shape index (κ1) is 11.8. The van der Waals surface area contributed by atoms with Crippen LogP contribution in [0.2, 0.25) is 0 Å². The van der Waals surface area contributed by atoms with Gasteiger partial charge in [0.25, 0.3) is 5.56 Å². The molecule has 0 aliphatic carbocycles. The zero-order chi connectivity index (χ0) is 12.4. The number of fused-ring (bicyclic) bond motifs is 1. The van der Waals surface area contributed by atoms with E-state index in [1.807, 2.05) is 17.6 Å². The number of hydrogen-bond acceptors (Lipinski definition) is 4. The third kappa shape index (κ3) is 1.96. The number of aromatic nitrogens is 3. The van der Waals surface area contributed by atoms with Crippen molar-refractivity contribution < 1.29 is 4.74 Å². The van der Waals surface area contributed by atoms with E-state index >= 15 is 0 Å². The first-order chi connectivity index (χ1) is 8.21. The number of ether oxygens (including phenoxy) is 1. The van der Waals surface area contributed by atoms with Crippen molar-refractivity contribution in [1.29, 1.82) is 0 Å². The summed E-state index contributed by atoms with van der Waals surface area (Å²) in [5.74, 6) is 0. The molecule has 0 fully saturated rings. The highest BCUT2D eigenvalue weighted by Gasteiger charge is 2.10. The van der Waals surface area contributed by atoms with Gasteiger partial charge in [0.2, 0.25) is 0 Å². The first-order valence-corrected chi connectivity index (χ1v) is 5.51. The van der Waals surface area contributed by atoms with Crippen LogP contribution in [0.25, 0.3) is 5.65 Å². The van der Waals surface area contributed by atoms with Crippen molar-refractivity contribution in [3.8, 4) is 0 Å². The lowest BCUT2D eigenvalue weighted by Crippen LogP contribution is -2.22. The number of rotatable bonds is 4. The van der Waals surface area contributed by atoms with Crippen molar-refractivity contribution in [2.45, 2.75) is 26.6 Å². The summed E-state index contributed by atoms with van der Waals surface area (Å²) < 4.78 is 8.38. The molecule has 0 atom stereocenters. The van der Waals surface area contributed by atoms with Gasteiger partial charge in [-0.3, -0.25) is 4.79 Å². The standard InChI is InChI=1S/C11H16N4O2/c1-3-14-9(6-12)5-11(16)15-10(14)4-8(13-15)7-17-2/h4-5H,3,6-7,12H2,1-2H3. The van der Waals surface area contributed by atoms with Crippen LogP contribution in [0.3, 0.4) is 0 Å². The van der Waals surface area contributed by atoms with E-state index in [4.69, 9.17) is 10.5 Å². The predicted octanol–water partition coefficient (Wildman–Crippen LogP) is 0.121. The lowest BCUT2D eigenvalue weighted by atomic mass is 10.3. The summed E-state index contributed by atoms with van der Waals surface area (Å²) in [5.41, 5.74) is 7.79. The Morgan fingerprint density at radius 3 is 2.82 bits per heavy atom. The molecule has 6 nitrogen and oxygen atoms in total. The molecule has 0 spiro atoms. The lowest BCUT2D eigenvalue weighted by Gasteiger charge is -2.10. The quantitative estimate of drug-likeness (QED) is 0.818. The van der Waals surface area contributed by atoms with Gasteiger partial charge in [0, 0.05) is 38.0 Å². The van der Waals surface area contributed by atoms with Crippen LogP contribution in [0.4, 0.5) is 0 Å². The Labute approximate surface area is 98.6 Å². The zero-order valence-corrected chi connectivity index (χ0v) is 10.0. The molecule has 0 aromatic carbocycles. The molecule has 2 rings (SSSR count). The first-order valence-electron chi connectivity index (χ1n) is 5.51. The Morgan fingerprint density at radius 1 is 1.47 bits per heavy atom. The Bertz CT molecular complexity index is 585. The minimum atomic E-state index is -0.160. The van der Waals surface area contributed by atoms with Gasteiger partial charge in [-0.15, -0.1) is 0 Å². The monoisotopic (exact) mass is 236 g/mol. The molecule has 0 aliphatic heterocycles. The van der Waals surface area contributed by atoms with Gasteiger partial charge >= 0.3 is 0 Å². The van der Waals surface area contributed by atoms with E-state index in [2.05, 4.69) is 5.10 Å². The normalized spacial score (nSPS) is 11.2. The van der Waals surface area contributed by atoms with Crippen LogP contribution < -0.4 is 11.3 Å². The third-order valence-electron chi connectivity index (χ3n) is 2.68. The van der Waals surface area contributed by atoms with Gasteiger partial charge in [-0.25, -0.2) is 0 Å². The molecule has 0 radical (unpaired) electrons. The van der Waals surface area contributed by atoms with E-state index in [9.17, 15) is 4.79 Å². The fourth-order valence-corrected chi connectivity index (χ4v) is 1.95. The van der Waals surface area contributed by atoms with Gasteiger partial charge < -0.3 is 15.0 Å². The molecule has 17 heavy (non-hydrogen) atoms. The summed E-state index contributed by atoms with van der Waals surface area (Å²) in [6.07, 6.45) is 0. The largest absolute Gasteiger partial charge is 0.378 e. The average molecular weight is 236 g/mol. The van der Waals surface area contributed by atoms with E-state index in [1.54, 1.807) is 7.11 Å². The van der Waals surface area contributed by atoms with Crippen LogP contribution in [0.1, 0.15) is 18.3 Å². The van der Waals surface area contributed by atoms with Crippen LogP contribution in [0.5, 0.6) is 0 Å². The molecule has 92 valence electrons. The summed E-state index contributed by atoms with van der Waals surface area (Å²) in [6, 6.07) is 3.38. The van der Waals surface area contributed by atoms with Crippen LogP contribution in [-0.2, 0) is 24.4 Å². The average Bonchev–Trinajstić information content (AvgIpc) is 2.73. The molecule has 0 unspecified atom stereocenters. The fraction of sp³-hybridized carbons (Fsp3) is 0.455. The van der Waals surface area contributed by atoms with E-state index in [0.717, 1.165) is 23.6 Å². The minimum absolute atomic E-state index is 0.160. The molecular weight excluding hydrogens is 220 g/mol. The smallest absolute Gasteiger partial charge is 0.274 e. The summed E-state index contributed by atoms with van der Waals surface area (Å²) in [4.78, 5) is 11.8. The van der Waals surface area contributed by atoms with Gasteiger partial charge in [-0.05, 0) is 6.92 Å². The summed E-state index contributed by atoms with van der Waals surface area (Å²) >= 11 is 0. The summed E-state index contributed by atoms with van der Waals surface area (Å²) in [7, 11) is 1.60. The van der Waals surface area contributed by atoms with Crippen molar-refractivity contribution in [3.05, 3.63) is 33.9 Å². The molecule has 0 amide bonds. The lowest BCUT2D eigenvalue weighted by molar-refractivity contribution is 0.181. The van der Waals surface area contributed by atoms with E-state index in [-0.39, 0.29) is 5.56 Å². The Morgan fingerprint density at radius 2 is 2.24 bits per heavy atom. The van der Waals surface area contributed by atoms with Gasteiger partial charge in [-0.2, -0.15) is 9.61 Å². The van der Waals surface area contributed by atoms with Crippen LogP contribution in [-0.4, -0.2) is 21.3 Å². The Hall–Kier alpha value is -1.66. The predicted molar refractivity (Wildman–Crippen MR) is 63.7 cm³/mol. The number of nitrogens with two attached hydrogens (primary N) is 1. The number of nitrogens with zero attached hydrogens (tertiary/aromatic N) is 3. The van der Waals surface area contributed by atoms with Gasteiger partial charge in [-0.1, -0.05) is 0 Å². The highest BCUT2D eigenvalue weighted by atomic mass is 16.5. The van der Waals surface area contributed by atoms with Crippen LogP contribution >= 0.6 is 0 Å². The Balaban J connectivity index is 2.72. The second kappa shape index (κ2) is 4.68. The van der Waals surface area contributed by atoms with Gasteiger partial charge in [0.05, 0.1) is 12.3 Å².